The first kappa shape index (κ1) is 27.3. The smallest absolute Gasteiger partial charge is 0.408 e. The molecule has 4 rings (SSSR count). The Kier molecular flexibility index (Phi) is 8.33. The minimum atomic E-state index is -3.81. The van der Waals surface area contributed by atoms with Crippen molar-refractivity contribution in [3.63, 3.8) is 0 Å². The molecule has 198 valence electrons. The van der Waals surface area contributed by atoms with Crippen LogP contribution in [-0.2, 0) is 18.9 Å². The zero-order valence-electron chi connectivity index (χ0n) is 19.6. The van der Waals surface area contributed by atoms with Gasteiger partial charge in [0.15, 0.2) is 0 Å². The van der Waals surface area contributed by atoms with E-state index in [0.29, 0.717) is 17.8 Å². The van der Waals surface area contributed by atoms with Gasteiger partial charge in [-0.1, -0.05) is 24.3 Å². The number of fused-ring (bicyclic) bond motifs is 3. The molecular formula is C23H26ClN4O7PS. The number of carbonyl (C=O) groups is 4. The summed E-state index contributed by atoms with van der Waals surface area (Å²) in [6.45, 7) is 0.452. The second-order valence-electron chi connectivity index (χ2n) is 8.82. The molecule has 3 atom stereocenters. The van der Waals surface area contributed by atoms with Crippen LogP contribution in [0.4, 0.5) is 10.5 Å². The number of halogens is 1. The second-order valence-corrected chi connectivity index (χ2v) is 12.3. The summed E-state index contributed by atoms with van der Waals surface area (Å²) in [5.74, 6) is -0.792. The Morgan fingerprint density at radius 2 is 1.95 bits per heavy atom. The van der Waals surface area contributed by atoms with Gasteiger partial charge in [0.2, 0.25) is 25.1 Å². The molecule has 2 aliphatic heterocycles. The molecular weight excluding hydrogens is 543 g/mol. The summed E-state index contributed by atoms with van der Waals surface area (Å²) in [5.41, 5.74) is 6.16. The summed E-state index contributed by atoms with van der Waals surface area (Å²) >= 11 is 10.1. The van der Waals surface area contributed by atoms with Crippen LogP contribution in [0.2, 0.25) is 0 Å². The van der Waals surface area contributed by atoms with Crippen molar-refractivity contribution in [2.45, 2.75) is 24.0 Å². The molecule has 1 fully saturated rings. The van der Waals surface area contributed by atoms with Crippen molar-refractivity contribution in [1.82, 2.24) is 15.8 Å². The van der Waals surface area contributed by atoms with Gasteiger partial charge in [0, 0.05) is 67.2 Å². The summed E-state index contributed by atoms with van der Waals surface area (Å²) in [6, 6.07) is 9.15. The third kappa shape index (κ3) is 6.20. The molecule has 0 saturated carbocycles. The van der Waals surface area contributed by atoms with Crippen LogP contribution in [0.1, 0.15) is 24.3 Å². The van der Waals surface area contributed by atoms with Crippen LogP contribution in [0, 0.1) is 0 Å². The number of ether oxygens (including phenoxy) is 1. The number of rotatable bonds is 8. The highest BCUT2D eigenvalue weighted by atomic mass is 35.5. The van der Waals surface area contributed by atoms with Gasteiger partial charge in [-0.25, -0.2) is 10.2 Å². The van der Waals surface area contributed by atoms with E-state index < -0.39 is 36.4 Å². The van der Waals surface area contributed by atoms with Crippen LogP contribution in [0.3, 0.4) is 0 Å². The second kappa shape index (κ2) is 11.3. The Balaban J connectivity index is 1.28. The van der Waals surface area contributed by atoms with Crippen LogP contribution < -0.4 is 20.9 Å². The maximum absolute atomic E-state index is 12.4. The average molecular weight is 569 g/mol. The molecule has 0 aromatic heterocycles. The number of imide groups is 1. The molecule has 0 aliphatic carbocycles. The van der Waals surface area contributed by atoms with Crippen molar-refractivity contribution in [1.29, 1.82) is 0 Å². The number of hydrogen-bond acceptors (Lipinski definition) is 8. The van der Waals surface area contributed by atoms with E-state index in [9.17, 15) is 28.6 Å². The molecule has 2 unspecified atom stereocenters. The van der Waals surface area contributed by atoms with Crippen LogP contribution in [-0.4, -0.2) is 70.2 Å². The van der Waals surface area contributed by atoms with Gasteiger partial charge in [0.25, 0.3) is 0 Å². The zero-order valence-corrected chi connectivity index (χ0v) is 22.2. The molecule has 0 bridgehead atoms. The minimum absolute atomic E-state index is 0.0481. The number of hydrazine groups is 1. The van der Waals surface area contributed by atoms with Crippen LogP contribution >= 0.6 is 31.6 Å². The first-order valence-corrected chi connectivity index (χ1v) is 14.6. The molecule has 4 amide bonds. The average Bonchev–Trinajstić information content (AvgIpc) is 3.39. The van der Waals surface area contributed by atoms with Gasteiger partial charge in [0.05, 0.1) is 5.25 Å². The quantitative estimate of drug-likeness (QED) is 0.107. The molecule has 4 N–H and O–H groups in total. The van der Waals surface area contributed by atoms with Gasteiger partial charge < -0.3 is 14.9 Å². The monoisotopic (exact) mass is 568 g/mol. The van der Waals surface area contributed by atoms with Gasteiger partial charge in [0.1, 0.15) is 5.75 Å². The molecule has 2 aliphatic rings. The van der Waals surface area contributed by atoms with Crippen molar-refractivity contribution >= 4 is 71.9 Å². The van der Waals surface area contributed by atoms with Gasteiger partial charge >= 0.3 is 6.09 Å². The predicted molar refractivity (Wildman–Crippen MR) is 141 cm³/mol. The van der Waals surface area contributed by atoms with Gasteiger partial charge in [-0.2, -0.15) is 12.6 Å². The molecule has 2 aromatic carbocycles. The third-order valence-corrected chi connectivity index (χ3v) is 8.87. The van der Waals surface area contributed by atoms with E-state index in [1.165, 1.54) is 0 Å². The normalized spacial score (nSPS) is 20.4. The summed E-state index contributed by atoms with van der Waals surface area (Å²) < 4.78 is 17.8. The van der Waals surface area contributed by atoms with Gasteiger partial charge in [-0.3, -0.25) is 29.3 Å². The van der Waals surface area contributed by atoms with Crippen LogP contribution in [0.5, 0.6) is 5.75 Å². The largest absolute Gasteiger partial charge is 0.431 e. The van der Waals surface area contributed by atoms with E-state index in [0.717, 1.165) is 21.5 Å². The molecule has 37 heavy (non-hydrogen) atoms. The van der Waals surface area contributed by atoms with Crippen LogP contribution in [0.25, 0.3) is 10.8 Å². The van der Waals surface area contributed by atoms with Crippen molar-refractivity contribution in [3.8, 4) is 5.75 Å². The van der Waals surface area contributed by atoms with Gasteiger partial charge in [-0.05, 0) is 10.9 Å². The van der Waals surface area contributed by atoms with Crippen molar-refractivity contribution in [2.24, 2.45) is 0 Å². The lowest BCUT2D eigenvalue weighted by Crippen LogP contribution is -2.43. The number of nitrogens with one attached hydrogen (secondary N) is 3. The first-order valence-electron chi connectivity index (χ1n) is 11.5. The number of thiol groups is 1. The predicted octanol–water partition coefficient (Wildman–Crippen LogP) is 2.43. The minimum Gasteiger partial charge on any atom is -0.408 e. The lowest BCUT2D eigenvalue weighted by Gasteiger charge is -2.17. The standard InChI is InChI=1S/C23H26ClN4O7PS/c24-11-13-12-25-16-9-17(14-3-1-2-4-15(14)21(13)16)35-23(32)27-26-19(29)5-7-36(33,34)8-6-28-20(30)10-18(37)22(28)31/h1-4,9,13,18,25,37H,5-8,10-12H2,(H,26,29)(H,27,32)(H,33,34)/t13-,18?/m1/s1. The fourth-order valence-electron chi connectivity index (χ4n) is 4.36. The van der Waals surface area contributed by atoms with E-state index >= 15 is 0 Å². The highest BCUT2D eigenvalue weighted by molar-refractivity contribution is 7.81. The third-order valence-electron chi connectivity index (χ3n) is 6.27. The van der Waals surface area contributed by atoms with Gasteiger partial charge in [-0.15, -0.1) is 11.6 Å². The van der Waals surface area contributed by atoms with E-state index in [2.05, 4.69) is 28.8 Å². The van der Waals surface area contributed by atoms with Crippen molar-refractivity contribution in [3.05, 3.63) is 35.9 Å². The van der Waals surface area contributed by atoms with E-state index in [1.807, 2.05) is 24.3 Å². The number of carbonyl (C=O) groups excluding carboxylic acids is 4. The molecule has 2 aromatic rings. The summed E-state index contributed by atoms with van der Waals surface area (Å²) in [7, 11) is -3.81. The summed E-state index contributed by atoms with van der Waals surface area (Å²) in [4.78, 5) is 59.2. The summed E-state index contributed by atoms with van der Waals surface area (Å²) in [6.07, 6.45) is -2.08. The maximum Gasteiger partial charge on any atom is 0.431 e. The number of anilines is 1. The molecule has 11 nitrogen and oxygen atoms in total. The lowest BCUT2D eigenvalue weighted by molar-refractivity contribution is -0.137. The number of nitrogens with zero attached hydrogens (tertiary/aromatic N) is 1. The highest BCUT2D eigenvalue weighted by Gasteiger charge is 2.37. The Bertz CT molecular complexity index is 1310. The molecule has 0 radical (unpaired) electrons. The Hall–Kier alpha value is -2.79. The van der Waals surface area contributed by atoms with E-state index in [-0.39, 0.29) is 43.4 Å². The Morgan fingerprint density at radius 3 is 2.62 bits per heavy atom. The Labute approximate surface area is 223 Å². The van der Waals surface area contributed by atoms with E-state index in [1.54, 1.807) is 6.07 Å². The first-order chi connectivity index (χ1) is 17.6. The Morgan fingerprint density at radius 1 is 1.22 bits per heavy atom. The number of hydrogen-bond donors (Lipinski definition) is 5. The maximum atomic E-state index is 12.4. The van der Waals surface area contributed by atoms with Crippen molar-refractivity contribution in [2.75, 3.05) is 36.6 Å². The fourth-order valence-corrected chi connectivity index (χ4v) is 6.20. The SMILES string of the molecule is O=C(CCP(=O)(O)CCN1C(=O)CC(S)C1=O)NNC(=O)Oc1cc2c(c3ccccc13)[C@H](CCl)CN2. The molecule has 2 heterocycles. The number of benzene rings is 2. The lowest BCUT2D eigenvalue weighted by atomic mass is 9.95. The molecule has 1 saturated heterocycles. The summed E-state index contributed by atoms with van der Waals surface area (Å²) in [5, 5.41) is 4.14. The fraction of sp³-hybridized carbons (Fsp3) is 0.391. The zero-order chi connectivity index (χ0) is 26.7. The van der Waals surface area contributed by atoms with Crippen LogP contribution in [0.15, 0.2) is 30.3 Å². The number of amides is 4. The van der Waals surface area contributed by atoms with Crippen molar-refractivity contribution < 1.29 is 33.4 Å². The number of alkyl halides is 1. The highest BCUT2D eigenvalue weighted by Crippen LogP contribution is 2.43. The molecule has 0 spiro atoms. The van der Waals surface area contributed by atoms with E-state index in [4.69, 9.17) is 16.3 Å². The number of likely N-dealkylation sites (tertiary alicyclic amines) is 1. The topological polar surface area (TPSA) is 154 Å². The molecule has 14 heteroatoms.